The van der Waals surface area contributed by atoms with Crippen molar-refractivity contribution in [2.45, 2.75) is 6.42 Å². The molecule has 0 N–H and O–H groups in total. The van der Waals surface area contributed by atoms with Crippen molar-refractivity contribution in [1.82, 2.24) is 28.2 Å². The molecule has 0 saturated heterocycles. The van der Waals surface area contributed by atoms with E-state index in [9.17, 15) is 22.8 Å². The number of aromatic nitrogens is 6. The van der Waals surface area contributed by atoms with Gasteiger partial charge in [0.2, 0.25) is 0 Å². The molecular weight excluding hydrogens is 1350 g/mol. The van der Waals surface area contributed by atoms with Crippen molar-refractivity contribution in [3.63, 3.8) is 0 Å². The topological polar surface area (TPSA) is 142 Å². The largest absolute Gasteiger partial charge is 1.00 e. The van der Waals surface area contributed by atoms with Gasteiger partial charge in [0, 0.05) is 50.1 Å². The first-order valence-corrected chi connectivity index (χ1v) is 32.3. The summed E-state index contributed by atoms with van der Waals surface area (Å²) in [6.45, 7) is -0.181. The third-order valence-electron chi connectivity index (χ3n) is 18.6. The minimum Gasteiger partial charge on any atom is -1.00 e. The van der Waals surface area contributed by atoms with Crippen molar-refractivity contribution in [2.24, 2.45) is 0 Å². The molecule has 0 unspecified atom stereocenters. The Hall–Kier alpha value is -10.5. The normalized spacial score (nSPS) is 11.2. The van der Waals surface area contributed by atoms with Crippen molar-refractivity contribution in [3.8, 4) is 68.5 Å². The number of pyridine rings is 2. The molecule has 0 spiro atoms. The Kier molecular flexibility index (Phi) is 20.2. The molecule has 103 heavy (non-hydrogen) atoms. The summed E-state index contributed by atoms with van der Waals surface area (Å²) in [4.78, 5) is 19.9. The van der Waals surface area contributed by atoms with Gasteiger partial charge >= 0.3 is 103 Å². The second-order valence-corrected chi connectivity index (χ2v) is 24.1. The molecule has 6 heterocycles. The first kappa shape index (κ1) is 69.6. The standard InChI is InChI=1S/C60H36N6.C13H10.C12H4F4N2.CH2O3.2K.H2.H/c61-37-38-18-17-19-39(36-38)56-57(63-48-28-9-1-20-40(48)41-21-2-10-29-49(41)63)59(65-52-32-13-5-24-44(52)45-25-6-14-33-53(45)65)62-60(66-54-34-15-7-26-46(54)47-27-8-16-35-55(47)66)58(56)64-50-30-11-3-22-42(50)43-23-4-12-31-51(43)64;1-3-7-12-10(5-1)9-11-6-2-4-8-13(11)12;13-9-8(10(14)12(16)18-11(9)15)7-3-1-2-6(4-7)5-17;2-1-4-3;;;;/h1-36H;1-8H,9H2;1-4H;1,3H;;;1H;/q;;;;2*+1;;-1/p-1. The van der Waals surface area contributed by atoms with Crippen LogP contribution in [0.1, 0.15) is 25.1 Å². The Morgan fingerprint density at radius 2 is 0.650 bits per heavy atom. The predicted molar refractivity (Wildman–Crippen MR) is 391 cm³/mol. The number of benzene rings is 12. The molecule has 1 aliphatic carbocycles. The van der Waals surface area contributed by atoms with Gasteiger partial charge in [-0.3, -0.25) is 13.9 Å². The molecule has 0 saturated carbocycles. The molecule has 12 aromatic carbocycles. The second kappa shape index (κ2) is 29.9. The van der Waals surface area contributed by atoms with Gasteiger partial charge < -0.3 is 20.7 Å². The summed E-state index contributed by atoms with van der Waals surface area (Å²) in [5.41, 5.74) is 17.5. The van der Waals surface area contributed by atoms with Gasteiger partial charge in [-0.1, -0.05) is 218 Å². The molecule has 17 heteroatoms. The first-order chi connectivity index (χ1) is 49.7. The summed E-state index contributed by atoms with van der Waals surface area (Å²) in [6.07, 6.45) is 1.10. The van der Waals surface area contributed by atoms with Crippen LogP contribution in [0.5, 0.6) is 0 Å². The second-order valence-electron chi connectivity index (χ2n) is 24.1. The smallest absolute Gasteiger partial charge is 1.00 e. The van der Waals surface area contributed by atoms with E-state index >= 15 is 0 Å². The van der Waals surface area contributed by atoms with Gasteiger partial charge in [-0.15, -0.1) is 0 Å². The van der Waals surface area contributed by atoms with Crippen LogP contribution in [0.3, 0.4) is 0 Å². The molecule has 0 atom stereocenters. The predicted octanol–water partition coefficient (Wildman–Crippen LogP) is 14.2. The van der Waals surface area contributed by atoms with Crippen LogP contribution in [0, 0.1) is 46.2 Å². The van der Waals surface area contributed by atoms with E-state index in [1.165, 1.54) is 40.5 Å². The third-order valence-corrected chi connectivity index (χ3v) is 18.6. The van der Waals surface area contributed by atoms with E-state index in [0.717, 1.165) is 134 Å². The van der Waals surface area contributed by atoms with Crippen LogP contribution in [0.15, 0.2) is 291 Å². The van der Waals surface area contributed by atoms with E-state index in [2.05, 4.69) is 289 Å². The number of carbonyl (C=O) groups is 1. The molecule has 11 nitrogen and oxygen atoms in total. The van der Waals surface area contributed by atoms with Crippen molar-refractivity contribution < 1.29 is 138 Å². The summed E-state index contributed by atoms with van der Waals surface area (Å²) in [6, 6.07) is 104. The first-order valence-electron chi connectivity index (χ1n) is 32.3. The molecular formula is C86H54F4K2N8O3. The zero-order valence-electron chi connectivity index (χ0n) is 56.3. The van der Waals surface area contributed by atoms with E-state index in [4.69, 9.17) is 20.3 Å². The molecule has 0 amide bonds. The Balaban J connectivity index is 0.000000217. The van der Waals surface area contributed by atoms with Crippen molar-refractivity contribution >= 4 is 93.7 Å². The Morgan fingerprint density at radius 1 is 0.379 bits per heavy atom. The average Bonchev–Trinajstić information content (AvgIpc) is 1.56. The Labute approximate surface area is 674 Å². The van der Waals surface area contributed by atoms with Crippen LogP contribution in [-0.2, 0) is 16.1 Å². The van der Waals surface area contributed by atoms with Crippen LogP contribution in [0.25, 0.3) is 144 Å². The van der Waals surface area contributed by atoms with Crippen molar-refractivity contribution in [1.29, 1.82) is 10.5 Å². The fourth-order valence-corrected chi connectivity index (χ4v) is 14.5. The summed E-state index contributed by atoms with van der Waals surface area (Å²) in [7, 11) is 0. The van der Waals surface area contributed by atoms with E-state index in [-0.39, 0.29) is 123 Å². The monoisotopic (exact) mass is 1400 g/mol. The maximum absolute atomic E-state index is 13.4. The van der Waals surface area contributed by atoms with Gasteiger partial charge in [0.1, 0.15) is 11.4 Å². The van der Waals surface area contributed by atoms with Crippen molar-refractivity contribution in [2.75, 3.05) is 0 Å². The molecule has 0 fully saturated rings. The maximum atomic E-state index is 13.4. The summed E-state index contributed by atoms with van der Waals surface area (Å²) in [5, 5.41) is 36.9. The van der Waals surface area contributed by atoms with Crippen LogP contribution in [0.4, 0.5) is 17.6 Å². The third kappa shape index (κ3) is 12.3. The summed E-state index contributed by atoms with van der Waals surface area (Å²) < 4.78 is 62.3. The molecule has 19 rings (SSSR count). The number of para-hydroxylation sites is 8. The molecule has 0 radical (unpaired) electrons. The zero-order valence-corrected chi connectivity index (χ0v) is 61.6. The van der Waals surface area contributed by atoms with Gasteiger partial charge in [-0.05, 0) is 113 Å². The van der Waals surface area contributed by atoms with Gasteiger partial charge in [0.25, 0.3) is 18.4 Å². The molecule has 486 valence electrons. The Bertz CT molecular complexity index is 5950. The minimum absolute atomic E-state index is 0. The molecule has 0 bridgehead atoms. The maximum Gasteiger partial charge on any atom is 1.00 e. The molecule has 6 aromatic heterocycles. The van der Waals surface area contributed by atoms with E-state index in [1.807, 2.05) is 12.1 Å². The molecule has 1 aliphatic rings. The molecule has 18 aromatic rings. The van der Waals surface area contributed by atoms with Crippen LogP contribution in [0.2, 0.25) is 0 Å². The van der Waals surface area contributed by atoms with E-state index in [0.29, 0.717) is 5.56 Å². The SMILES string of the molecule is N#Cc1cccc(-c2c(-n3c4ccccc4c4ccccc43)c(-n3c4ccccc4c4ccccc43)nc(-n3c4ccccc4c4ccccc43)c2-n2c3ccccc3c3ccccc32)c1.N#Cc1cccc(-c2c(F)c(F)nc(F)c2F)c1.O=CO[O-].[H-].[HH].[K+].[K+].c1ccc2c(c1)Cc1ccccc1-2. The molecule has 0 aliphatic heterocycles. The van der Waals surface area contributed by atoms with E-state index < -0.39 is 29.1 Å². The van der Waals surface area contributed by atoms with Gasteiger partial charge in [0.15, 0.2) is 23.3 Å². The average molecular weight is 1400 g/mol. The van der Waals surface area contributed by atoms with Crippen LogP contribution < -0.4 is 108 Å². The van der Waals surface area contributed by atoms with Gasteiger partial charge in [-0.25, -0.2) is 13.8 Å². The van der Waals surface area contributed by atoms with Crippen LogP contribution >= 0.6 is 0 Å². The van der Waals surface area contributed by atoms with Crippen molar-refractivity contribution in [3.05, 3.63) is 337 Å². The minimum atomic E-state index is -1.73. The number of halogens is 4. The number of carbonyl (C=O) groups excluding carboxylic acids is 1. The summed E-state index contributed by atoms with van der Waals surface area (Å²) in [5.74, 6) is -5.12. The van der Waals surface area contributed by atoms with Gasteiger partial charge in [-0.2, -0.15) is 24.3 Å². The number of nitriles is 2. The number of rotatable bonds is 7. The fourth-order valence-electron chi connectivity index (χ4n) is 14.5. The van der Waals surface area contributed by atoms with Gasteiger partial charge in [0.05, 0.1) is 73.0 Å². The Morgan fingerprint density at radius 3 is 0.951 bits per heavy atom. The van der Waals surface area contributed by atoms with E-state index in [1.54, 1.807) is 6.07 Å². The number of hydrogen-bond acceptors (Lipinski definition) is 7. The number of nitrogens with zero attached hydrogens (tertiary/aromatic N) is 8. The fraction of sp³-hybridized carbons (Fsp3) is 0.0116. The summed E-state index contributed by atoms with van der Waals surface area (Å²) >= 11 is 0. The zero-order chi connectivity index (χ0) is 68.8. The number of hydrogen-bond donors (Lipinski definition) is 0. The quantitative estimate of drug-likeness (QED) is 0.0386. The number of fused-ring (bicyclic) bond motifs is 15. The van der Waals surface area contributed by atoms with Crippen LogP contribution in [-0.4, -0.2) is 34.7 Å².